The normalized spacial score (nSPS) is 12.7. The SMILES string of the molecule is CC(NCc1nc2c([nH]1)c(=O)n(C)c(=O)n2C)c1ccccc1. The van der Waals surface area contributed by atoms with Gasteiger partial charge < -0.3 is 10.3 Å². The highest BCUT2D eigenvalue weighted by molar-refractivity contribution is 5.69. The molecule has 3 aromatic rings. The van der Waals surface area contributed by atoms with E-state index < -0.39 is 0 Å². The van der Waals surface area contributed by atoms with Gasteiger partial charge in [-0.2, -0.15) is 0 Å². The Labute approximate surface area is 132 Å². The van der Waals surface area contributed by atoms with Gasteiger partial charge in [-0.3, -0.25) is 13.9 Å². The van der Waals surface area contributed by atoms with Gasteiger partial charge in [0.1, 0.15) is 11.3 Å². The van der Waals surface area contributed by atoms with Crippen molar-refractivity contribution in [3.63, 3.8) is 0 Å². The molecule has 2 heterocycles. The van der Waals surface area contributed by atoms with E-state index in [0.717, 1.165) is 4.57 Å². The van der Waals surface area contributed by atoms with E-state index in [4.69, 9.17) is 0 Å². The van der Waals surface area contributed by atoms with Gasteiger partial charge in [0.05, 0.1) is 6.54 Å². The smallest absolute Gasteiger partial charge is 0.332 e. The van der Waals surface area contributed by atoms with Crippen molar-refractivity contribution >= 4 is 11.2 Å². The summed E-state index contributed by atoms with van der Waals surface area (Å²) in [5, 5.41) is 3.35. The molecule has 0 saturated heterocycles. The highest BCUT2D eigenvalue weighted by Gasteiger charge is 2.13. The number of aromatic amines is 1. The van der Waals surface area contributed by atoms with Gasteiger partial charge in [0.2, 0.25) is 0 Å². The molecule has 1 unspecified atom stereocenters. The molecule has 0 aliphatic heterocycles. The van der Waals surface area contributed by atoms with Crippen LogP contribution in [0.15, 0.2) is 39.9 Å². The van der Waals surface area contributed by atoms with Crippen LogP contribution >= 0.6 is 0 Å². The summed E-state index contributed by atoms with van der Waals surface area (Å²) in [7, 11) is 3.06. The van der Waals surface area contributed by atoms with Crippen LogP contribution in [0.25, 0.3) is 11.2 Å². The van der Waals surface area contributed by atoms with Crippen LogP contribution in [0.4, 0.5) is 0 Å². The minimum Gasteiger partial charge on any atom is -0.335 e. The Balaban J connectivity index is 1.88. The van der Waals surface area contributed by atoms with Crippen molar-refractivity contribution in [1.29, 1.82) is 0 Å². The highest BCUT2D eigenvalue weighted by Crippen LogP contribution is 2.12. The maximum Gasteiger partial charge on any atom is 0.332 e. The Morgan fingerprint density at radius 3 is 2.57 bits per heavy atom. The molecule has 0 amide bonds. The number of hydrogen-bond donors (Lipinski definition) is 2. The van der Waals surface area contributed by atoms with Gasteiger partial charge in [-0.25, -0.2) is 9.78 Å². The van der Waals surface area contributed by atoms with Crippen LogP contribution in [0.3, 0.4) is 0 Å². The molecule has 0 bridgehead atoms. The molecule has 0 fully saturated rings. The molecule has 0 aliphatic carbocycles. The highest BCUT2D eigenvalue weighted by atomic mass is 16.2. The third-order valence-corrected chi connectivity index (χ3v) is 4.02. The molecule has 1 atom stereocenters. The van der Waals surface area contributed by atoms with E-state index in [-0.39, 0.29) is 17.3 Å². The molecule has 1 aromatic carbocycles. The Hall–Kier alpha value is -2.67. The molecular formula is C16H19N5O2. The summed E-state index contributed by atoms with van der Waals surface area (Å²) in [5.74, 6) is 0.626. The molecular weight excluding hydrogens is 294 g/mol. The van der Waals surface area contributed by atoms with E-state index in [0.29, 0.717) is 23.5 Å². The lowest BCUT2D eigenvalue weighted by Crippen LogP contribution is -2.36. The van der Waals surface area contributed by atoms with Crippen molar-refractivity contribution in [3.05, 3.63) is 62.6 Å². The summed E-state index contributed by atoms with van der Waals surface area (Å²) in [4.78, 5) is 31.4. The molecule has 7 nitrogen and oxygen atoms in total. The van der Waals surface area contributed by atoms with Crippen molar-refractivity contribution in [2.45, 2.75) is 19.5 Å². The fraction of sp³-hybridized carbons (Fsp3) is 0.312. The first-order valence-corrected chi connectivity index (χ1v) is 7.42. The number of nitrogens with zero attached hydrogens (tertiary/aromatic N) is 3. The Morgan fingerprint density at radius 1 is 1.17 bits per heavy atom. The topological polar surface area (TPSA) is 84.7 Å². The van der Waals surface area contributed by atoms with Gasteiger partial charge >= 0.3 is 5.69 Å². The average molecular weight is 313 g/mol. The summed E-state index contributed by atoms with van der Waals surface area (Å²) < 4.78 is 2.45. The lowest BCUT2D eigenvalue weighted by atomic mass is 10.1. The summed E-state index contributed by atoms with van der Waals surface area (Å²) in [6, 6.07) is 10.2. The van der Waals surface area contributed by atoms with E-state index in [1.54, 1.807) is 7.05 Å². The van der Waals surface area contributed by atoms with Crippen molar-refractivity contribution in [1.82, 2.24) is 24.4 Å². The predicted molar refractivity (Wildman–Crippen MR) is 88.3 cm³/mol. The van der Waals surface area contributed by atoms with E-state index in [2.05, 4.69) is 34.3 Å². The number of H-pyrrole nitrogens is 1. The number of imidazole rings is 1. The molecule has 3 rings (SSSR count). The first-order chi connectivity index (χ1) is 11.0. The Morgan fingerprint density at radius 2 is 1.87 bits per heavy atom. The van der Waals surface area contributed by atoms with Crippen LogP contribution in [0.1, 0.15) is 24.4 Å². The lowest BCUT2D eigenvalue weighted by Gasteiger charge is -2.12. The zero-order valence-corrected chi connectivity index (χ0v) is 13.3. The monoisotopic (exact) mass is 313 g/mol. The van der Waals surface area contributed by atoms with Gasteiger partial charge in [-0.1, -0.05) is 30.3 Å². The van der Waals surface area contributed by atoms with Gasteiger partial charge in [0.25, 0.3) is 5.56 Å². The Kier molecular flexibility index (Phi) is 3.87. The number of hydrogen-bond acceptors (Lipinski definition) is 4. The largest absolute Gasteiger partial charge is 0.335 e. The van der Waals surface area contributed by atoms with Gasteiger partial charge in [0.15, 0.2) is 5.65 Å². The first kappa shape index (κ1) is 15.2. The predicted octanol–water partition coefficient (Wildman–Crippen LogP) is 0.811. The van der Waals surface area contributed by atoms with Crippen LogP contribution in [-0.2, 0) is 20.6 Å². The third kappa shape index (κ3) is 2.70. The quantitative estimate of drug-likeness (QED) is 0.746. The van der Waals surface area contributed by atoms with Crippen molar-refractivity contribution < 1.29 is 0 Å². The number of benzene rings is 1. The molecule has 0 aliphatic rings. The van der Waals surface area contributed by atoms with E-state index in [1.807, 2.05) is 18.2 Å². The van der Waals surface area contributed by atoms with Gasteiger partial charge in [-0.05, 0) is 12.5 Å². The second kappa shape index (κ2) is 5.85. The maximum atomic E-state index is 12.1. The van der Waals surface area contributed by atoms with Crippen LogP contribution in [0, 0.1) is 0 Å². The maximum absolute atomic E-state index is 12.1. The summed E-state index contributed by atoms with van der Waals surface area (Å²) in [6.45, 7) is 2.54. The van der Waals surface area contributed by atoms with E-state index in [1.165, 1.54) is 17.2 Å². The second-order valence-corrected chi connectivity index (χ2v) is 5.60. The molecule has 7 heteroatoms. The van der Waals surface area contributed by atoms with Crippen molar-refractivity contribution in [3.8, 4) is 0 Å². The number of aryl methyl sites for hydroxylation is 1. The van der Waals surface area contributed by atoms with E-state index in [9.17, 15) is 9.59 Å². The minimum absolute atomic E-state index is 0.149. The zero-order chi connectivity index (χ0) is 16.6. The number of aromatic nitrogens is 4. The fourth-order valence-electron chi connectivity index (χ4n) is 2.57. The summed E-state index contributed by atoms with van der Waals surface area (Å²) in [5.41, 5.74) is 1.15. The second-order valence-electron chi connectivity index (χ2n) is 5.60. The van der Waals surface area contributed by atoms with Crippen LogP contribution < -0.4 is 16.6 Å². The van der Waals surface area contributed by atoms with Gasteiger partial charge in [0, 0.05) is 20.1 Å². The number of fused-ring (bicyclic) bond motifs is 1. The Bertz CT molecular complexity index is 952. The molecule has 2 N–H and O–H groups in total. The third-order valence-electron chi connectivity index (χ3n) is 4.02. The van der Waals surface area contributed by atoms with Crippen molar-refractivity contribution in [2.24, 2.45) is 14.1 Å². The molecule has 2 aromatic heterocycles. The number of rotatable bonds is 4. The molecule has 23 heavy (non-hydrogen) atoms. The zero-order valence-electron chi connectivity index (χ0n) is 13.3. The molecule has 0 radical (unpaired) electrons. The van der Waals surface area contributed by atoms with Crippen LogP contribution in [-0.4, -0.2) is 19.1 Å². The standard InChI is InChI=1S/C16H19N5O2/c1-10(11-7-5-4-6-8-11)17-9-12-18-13-14(19-12)20(2)16(23)21(3)15(13)22/h4-8,10,17H,9H2,1-3H3,(H,18,19). The first-order valence-electron chi connectivity index (χ1n) is 7.42. The van der Waals surface area contributed by atoms with E-state index >= 15 is 0 Å². The van der Waals surface area contributed by atoms with Crippen molar-refractivity contribution in [2.75, 3.05) is 0 Å². The summed E-state index contributed by atoms with van der Waals surface area (Å²) >= 11 is 0. The lowest BCUT2D eigenvalue weighted by molar-refractivity contribution is 0.562. The average Bonchev–Trinajstić information content (AvgIpc) is 3.01. The molecule has 0 saturated carbocycles. The van der Waals surface area contributed by atoms with Gasteiger partial charge in [-0.15, -0.1) is 0 Å². The molecule has 120 valence electrons. The fourth-order valence-corrected chi connectivity index (χ4v) is 2.57. The minimum atomic E-state index is -0.383. The number of nitrogens with one attached hydrogen (secondary N) is 2. The summed E-state index contributed by atoms with van der Waals surface area (Å²) in [6.07, 6.45) is 0. The molecule has 0 spiro atoms. The van der Waals surface area contributed by atoms with Crippen LogP contribution in [0.5, 0.6) is 0 Å². The van der Waals surface area contributed by atoms with Crippen LogP contribution in [0.2, 0.25) is 0 Å².